The first kappa shape index (κ1) is 19.2. The monoisotopic (exact) mass is 418 g/mol. The Labute approximate surface area is 178 Å². The minimum absolute atomic E-state index is 0.175. The van der Waals surface area contributed by atoms with Crippen LogP contribution in [0.5, 0.6) is 0 Å². The molecule has 0 aliphatic carbocycles. The first-order valence-electron chi connectivity index (χ1n) is 10.1. The van der Waals surface area contributed by atoms with Crippen molar-refractivity contribution >= 4 is 17.7 Å². The zero-order valence-electron chi connectivity index (χ0n) is 17.5. The van der Waals surface area contributed by atoms with Crippen LogP contribution >= 0.6 is 0 Å². The van der Waals surface area contributed by atoms with Gasteiger partial charge in [-0.05, 0) is 36.6 Å². The summed E-state index contributed by atoms with van der Waals surface area (Å²) in [6.07, 6.45) is 4.38. The number of nitrogens with zero attached hydrogens (tertiary/aromatic N) is 5. The number of piperidine rings is 1. The van der Waals surface area contributed by atoms with Crippen LogP contribution in [0.1, 0.15) is 34.5 Å². The smallest absolute Gasteiger partial charge is 0.255 e. The van der Waals surface area contributed by atoms with Gasteiger partial charge in [-0.15, -0.1) is 0 Å². The fraction of sp³-hybridized carbons (Fsp3) is 0.318. The topological polar surface area (TPSA) is 102 Å². The molecule has 1 unspecified atom stereocenters. The zero-order valence-corrected chi connectivity index (χ0v) is 17.5. The van der Waals surface area contributed by atoms with E-state index in [4.69, 9.17) is 0 Å². The molecule has 1 atom stereocenters. The molecular formula is C22H22N6O3. The third-order valence-corrected chi connectivity index (χ3v) is 6.04. The number of carbonyl (C=O) groups excluding carboxylic acids is 3. The molecule has 0 bridgehead atoms. The summed E-state index contributed by atoms with van der Waals surface area (Å²) in [6, 6.07) is 5.10. The van der Waals surface area contributed by atoms with Crippen molar-refractivity contribution in [2.24, 2.45) is 14.1 Å². The number of hydrogen-bond acceptors (Lipinski definition) is 5. The van der Waals surface area contributed by atoms with Gasteiger partial charge in [-0.3, -0.25) is 29.1 Å². The molecular weight excluding hydrogens is 396 g/mol. The normalized spacial score (nSPS) is 18.5. The molecule has 2 aromatic heterocycles. The maximum Gasteiger partial charge on any atom is 0.255 e. The van der Waals surface area contributed by atoms with Crippen molar-refractivity contribution in [2.45, 2.75) is 32.4 Å². The average Bonchev–Trinajstić information content (AvgIpc) is 3.36. The van der Waals surface area contributed by atoms with Crippen molar-refractivity contribution in [3.05, 3.63) is 47.4 Å². The third kappa shape index (κ3) is 3.04. The van der Waals surface area contributed by atoms with Crippen LogP contribution in [0.2, 0.25) is 0 Å². The lowest BCUT2D eigenvalue weighted by Crippen LogP contribution is -2.52. The molecule has 1 N–H and O–H groups in total. The Kier molecular flexibility index (Phi) is 4.28. The second-order valence-electron chi connectivity index (χ2n) is 8.10. The third-order valence-electron chi connectivity index (χ3n) is 6.04. The predicted molar refractivity (Wildman–Crippen MR) is 112 cm³/mol. The molecule has 0 saturated carbocycles. The second-order valence-corrected chi connectivity index (χ2v) is 8.10. The molecule has 3 amide bonds. The summed E-state index contributed by atoms with van der Waals surface area (Å²) >= 11 is 0. The quantitative estimate of drug-likeness (QED) is 0.651. The van der Waals surface area contributed by atoms with Gasteiger partial charge in [0.1, 0.15) is 6.04 Å². The van der Waals surface area contributed by atoms with Gasteiger partial charge in [0.15, 0.2) is 0 Å². The Hall–Kier alpha value is -3.75. The summed E-state index contributed by atoms with van der Waals surface area (Å²) in [5.74, 6) is -0.868. The molecule has 31 heavy (non-hydrogen) atoms. The molecule has 4 heterocycles. The molecule has 2 aliphatic rings. The van der Waals surface area contributed by atoms with Crippen LogP contribution in [-0.2, 0) is 30.2 Å². The Balaban J connectivity index is 1.50. The van der Waals surface area contributed by atoms with Gasteiger partial charge in [0.05, 0.1) is 17.6 Å². The molecule has 1 saturated heterocycles. The maximum absolute atomic E-state index is 12.9. The number of nitrogens with one attached hydrogen (secondary N) is 1. The number of aromatic nitrogens is 4. The summed E-state index contributed by atoms with van der Waals surface area (Å²) in [4.78, 5) is 38.2. The highest BCUT2D eigenvalue weighted by Gasteiger charge is 2.39. The largest absolute Gasteiger partial charge is 0.322 e. The van der Waals surface area contributed by atoms with E-state index in [1.807, 2.05) is 56.3 Å². The minimum atomic E-state index is -0.618. The van der Waals surface area contributed by atoms with Crippen LogP contribution in [-0.4, -0.2) is 48.2 Å². The number of carbonyl (C=O) groups is 3. The van der Waals surface area contributed by atoms with Crippen LogP contribution < -0.4 is 5.32 Å². The highest BCUT2D eigenvalue weighted by molar-refractivity contribution is 6.05. The summed E-state index contributed by atoms with van der Waals surface area (Å²) in [6.45, 7) is 2.31. The zero-order chi connectivity index (χ0) is 21.9. The Morgan fingerprint density at radius 2 is 1.90 bits per heavy atom. The van der Waals surface area contributed by atoms with E-state index in [9.17, 15) is 14.4 Å². The molecule has 0 radical (unpaired) electrons. The van der Waals surface area contributed by atoms with Crippen LogP contribution in [0.15, 0.2) is 30.6 Å². The lowest BCUT2D eigenvalue weighted by molar-refractivity contribution is -0.136. The number of amides is 3. The highest BCUT2D eigenvalue weighted by atomic mass is 16.2. The van der Waals surface area contributed by atoms with E-state index in [0.29, 0.717) is 18.5 Å². The van der Waals surface area contributed by atoms with Gasteiger partial charge in [-0.1, -0.05) is 6.07 Å². The van der Waals surface area contributed by atoms with Gasteiger partial charge in [0.25, 0.3) is 5.91 Å². The maximum atomic E-state index is 12.9. The molecule has 0 spiro atoms. The predicted octanol–water partition coefficient (Wildman–Crippen LogP) is 1.56. The molecule has 3 aromatic rings. The molecule has 1 fully saturated rings. The number of fused-ring (bicyclic) bond motifs is 1. The minimum Gasteiger partial charge on any atom is -0.322 e. The molecule has 9 heteroatoms. The van der Waals surface area contributed by atoms with Crippen LogP contribution in [0, 0.1) is 6.92 Å². The van der Waals surface area contributed by atoms with Crippen molar-refractivity contribution in [1.29, 1.82) is 0 Å². The van der Waals surface area contributed by atoms with E-state index < -0.39 is 11.9 Å². The van der Waals surface area contributed by atoms with Gasteiger partial charge >= 0.3 is 0 Å². The van der Waals surface area contributed by atoms with E-state index in [2.05, 4.69) is 15.5 Å². The fourth-order valence-electron chi connectivity index (χ4n) is 4.54. The van der Waals surface area contributed by atoms with Crippen molar-refractivity contribution in [1.82, 2.24) is 29.8 Å². The number of aryl methyl sites for hydroxylation is 3. The van der Waals surface area contributed by atoms with Gasteiger partial charge in [0, 0.05) is 49.9 Å². The standard InChI is InChI=1S/C22H22N6O3/c1-12-17(11-26(2)25-12)20-16(9-23-27(20)3)13-4-5-15-14(8-13)10-28(22(15)31)18-6-7-19(29)24-21(18)30/h4-5,8-9,11,18H,6-7,10H2,1-3H3,(H,24,29,30). The Bertz CT molecular complexity index is 1250. The van der Waals surface area contributed by atoms with Gasteiger partial charge in [0.2, 0.25) is 11.8 Å². The van der Waals surface area contributed by atoms with E-state index in [1.165, 1.54) is 0 Å². The van der Waals surface area contributed by atoms with Gasteiger partial charge in [-0.25, -0.2) is 0 Å². The first-order valence-corrected chi connectivity index (χ1v) is 10.1. The van der Waals surface area contributed by atoms with Crippen LogP contribution in [0.3, 0.4) is 0 Å². The first-order chi connectivity index (χ1) is 14.8. The lowest BCUT2D eigenvalue weighted by Gasteiger charge is -2.29. The number of imide groups is 1. The highest BCUT2D eigenvalue weighted by Crippen LogP contribution is 2.36. The summed E-state index contributed by atoms with van der Waals surface area (Å²) in [5.41, 5.74) is 6.22. The molecule has 9 nitrogen and oxygen atoms in total. The summed E-state index contributed by atoms with van der Waals surface area (Å²) in [5, 5.41) is 11.2. The second kappa shape index (κ2) is 6.90. The number of hydrogen-bond donors (Lipinski definition) is 1. The van der Waals surface area contributed by atoms with Crippen LogP contribution in [0.25, 0.3) is 22.4 Å². The number of rotatable bonds is 3. The SMILES string of the molecule is Cc1nn(C)cc1-c1c(-c2ccc3c(c2)CN(C2CCC(=O)NC2=O)C3=O)cnn1C. The Morgan fingerprint density at radius 3 is 2.61 bits per heavy atom. The average molecular weight is 418 g/mol. The molecule has 2 aliphatic heterocycles. The van der Waals surface area contributed by atoms with Crippen molar-refractivity contribution in [2.75, 3.05) is 0 Å². The van der Waals surface area contributed by atoms with Crippen molar-refractivity contribution in [3.63, 3.8) is 0 Å². The molecule has 158 valence electrons. The van der Waals surface area contributed by atoms with Gasteiger partial charge in [-0.2, -0.15) is 10.2 Å². The van der Waals surface area contributed by atoms with E-state index >= 15 is 0 Å². The van der Waals surface area contributed by atoms with E-state index in [0.717, 1.165) is 33.6 Å². The van der Waals surface area contributed by atoms with Gasteiger partial charge < -0.3 is 4.90 Å². The van der Waals surface area contributed by atoms with E-state index in [-0.39, 0.29) is 18.2 Å². The Morgan fingerprint density at radius 1 is 1.10 bits per heavy atom. The van der Waals surface area contributed by atoms with Crippen LogP contribution in [0.4, 0.5) is 0 Å². The lowest BCUT2D eigenvalue weighted by atomic mass is 9.98. The van der Waals surface area contributed by atoms with Crippen molar-refractivity contribution in [3.8, 4) is 22.4 Å². The van der Waals surface area contributed by atoms with E-state index in [1.54, 1.807) is 9.58 Å². The summed E-state index contributed by atoms with van der Waals surface area (Å²) < 4.78 is 3.61. The molecule has 1 aromatic carbocycles. The molecule has 5 rings (SSSR count). The van der Waals surface area contributed by atoms with Crippen molar-refractivity contribution < 1.29 is 14.4 Å². The summed E-state index contributed by atoms with van der Waals surface area (Å²) in [7, 11) is 3.78. The number of benzene rings is 1. The fourth-order valence-corrected chi connectivity index (χ4v) is 4.54.